The molecule has 0 aliphatic carbocycles. The van der Waals surface area contributed by atoms with E-state index < -0.39 is 0 Å². The van der Waals surface area contributed by atoms with Gasteiger partial charge in [-0.3, -0.25) is 4.98 Å². The highest BCUT2D eigenvalue weighted by Crippen LogP contribution is 2.25. The van der Waals surface area contributed by atoms with Gasteiger partial charge >= 0.3 is 0 Å². The van der Waals surface area contributed by atoms with Gasteiger partial charge in [-0.15, -0.1) is 0 Å². The van der Waals surface area contributed by atoms with E-state index in [2.05, 4.69) is 32.2 Å². The third-order valence-electron chi connectivity index (χ3n) is 2.33. The van der Waals surface area contributed by atoms with Crippen molar-refractivity contribution in [1.29, 1.82) is 0 Å². The van der Waals surface area contributed by atoms with Crippen molar-refractivity contribution in [3.63, 3.8) is 0 Å². The van der Waals surface area contributed by atoms with Gasteiger partial charge in [0.15, 0.2) is 5.82 Å². The van der Waals surface area contributed by atoms with Crippen LogP contribution in [-0.4, -0.2) is 33.6 Å². The van der Waals surface area contributed by atoms with Crippen LogP contribution in [0.1, 0.15) is 19.2 Å². The molecule has 0 amide bonds. The standard InChI is InChI=1S/C13H17N5OS/c1-3-4-15-10-7-12(18-11(17-10)9-19-2)20-13-8-14-5-6-16-13/h5-8H,3-4,9H2,1-2H3,(H,15,17,18). The number of hydrogen-bond donors (Lipinski definition) is 1. The first-order valence-electron chi connectivity index (χ1n) is 6.36. The lowest BCUT2D eigenvalue weighted by Gasteiger charge is -2.08. The summed E-state index contributed by atoms with van der Waals surface area (Å²) in [5.41, 5.74) is 0. The predicted octanol–water partition coefficient (Wildman–Crippen LogP) is 2.39. The van der Waals surface area contributed by atoms with Crippen LogP contribution >= 0.6 is 11.8 Å². The number of nitrogens with zero attached hydrogens (tertiary/aromatic N) is 4. The Balaban J connectivity index is 2.19. The maximum atomic E-state index is 5.10. The zero-order chi connectivity index (χ0) is 14.2. The summed E-state index contributed by atoms with van der Waals surface area (Å²) in [4.78, 5) is 17.1. The Morgan fingerprint density at radius 3 is 2.85 bits per heavy atom. The van der Waals surface area contributed by atoms with E-state index in [9.17, 15) is 0 Å². The van der Waals surface area contributed by atoms with Crippen LogP contribution in [0.2, 0.25) is 0 Å². The molecule has 2 heterocycles. The number of ether oxygens (including phenoxy) is 1. The Bertz CT molecular complexity index is 538. The van der Waals surface area contributed by atoms with Crippen molar-refractivity contribution in [2.24, 2.45) is 0 Å². The van der Waals surface area contributed by atoms with Crippen LogP contribution in [0.3, 0.4) is 0 Å². The zero-order valence-corrected chi connectivity index (χ0v) is 12.4. The summed E-state index contributed by atoms with van der Waals surface area (Å²) >= 11 is 1.45. The largest absolute Gasteiger partial charge is 0.377 e. The highest BCUT2D eigenvalue weighted by atomic mass is 32.2. The normalized spacial score (nSPS) is 10.5. The molecule has 0 saturated heterocycles. The first kappa shape index (κ1) is 14.7. The second kappa shape index (κ2) is 7.76. The van der Waals surface area contributed by atoms with Gasteiger partial charge in [0.2, 0.25) is 0 Å². The van der Waals surface area contributed by atoms with Crippen molar-refractivity contribution in [2.75, 3.05) is 19.0 Å². The topological polar surface area (TPSA) is 72.8 Å². The second-order valence-corrected chi connectivity index (χ2v) is 5.05. The Labute approximate surface area is 122 Å². The van der Waals surface area contributed by atoms with E-state index in [0.717, 1.165) is 28.8 Å². The average molecular weight is 291 g/mol. The Hall–Kier alpha value is -1.73. The lowest BCUT2D eigenvalue weighted by Crippen LogP contribution is -2.06. The van der Waals surface area contributed by atoms with Gasteiger partial charge in [0, 0.05) is 32.1 Å². The summed E-state index contributed by atoms with van der Waals surface area (Å²) in [6, 6.07) is 1.91. The third-order valence-corrected chi connectivity index (χ3v) is 3.17. The van der Waals surface area contributed by atoms with Crippen molar-refractivity contribution in [3.8, 4) is 0 Å². The van der Waals surface area contributed by atoms with E-state index in [1.165, 1.54) is 11.8 Å². The lowest BCUT2D eigenvalue weighted by atomic mass is 10.4. The Morgan fingerprint density at radius 1 is 1.25 bits per heavy atom. The van der Waals surface area contributed by atoms with Crippen LogP contribution in [0, 0.1) is 0 Å². The summed E-state index contributed by atoms with van der Waals surface area (Å²) in [5.74, 6) is 1.46. The highest BCUT2D eigenvalue weighted by Gasteiger charge is 2.07. The predicted molar refractivity (Wildman–Crippen MR) is 77.7 cm³/mol. The molecule has 1 N–H and O–H groups in total. The van der Waals surface area contributed by atoms with E-state index in [-0.39, 0.29) is 0 Å². The van der Waals surface area contributed by atoms with Gasteiger partial charge in [0.25, 0.3) is 0 Å². The SMILES string of the molecule is CCCNc1cc(Sc2cnccn2)nc(COC)n1. The van der Waals surface area contributed by atoms with Gasteiger partial charge in [-0.25, -0.2) is 15.0 Å². The molecule has 2 aromatic heterocycles. The lowest BCUT2D eigenvalue weighted by molar-refractivity contribution is 0.177. The molecular formula is C13H17N5OS. The fraction of sp³-hybridized carbons (Fsp3) is 0.385. The van der Waals surface area contributed by atoms with Gasteiger partial charge in [-0.05, 0) is 18.2 Å². The fourth-order valence-electron chi connectivity index (χ4n) is 1.51. The fourth-order valence-corrected chi connectivity index (χ4v) is 2.27. The van der Waals surface area contributed by atoms with Crippen molar-refractivity contribution in [1.82, 2.24) is 19.9 Å². The molecule has 6 nitrogen and oxygen atoms in total. The number of aromatic nitrogens is 4. The minimum atomic E-state index is 0.385. The Kier molecular flexibility index (Phi) is 5.69. The molecule has 2 rings (SSSR count). The highest BCUT2D eigenvalue weighted by molar-refractivity contribution is 7.99. The Morgan fingerprint density at radius 2 is 2.15 bits per heavy atom. The zero-order valence-electron chi connectivity index (χ0n) is 11.5. The van der Waals surface area contributed by atoms with Crippen LogP contribution in [0.5, 0.6) is 0 Å². The van der Waals surface area contributed by atoms with Crippen LogP contribution in [-0.2, 0) is 11.3 Å². The van der Waals surface area contributed by atoms with Crippen LogP contribution in [0.25, 0.3) is 0 Å². The molecule has 20 heavy (non-hydrogen) atoms. The van der Waals surface area contributed by atoms with Gasteiger partial charge in [0.05, 0.1) is 6.20 Å². The molecule has 106 valence electrons. The first-order chi connectivity index (χ1) is 9.81. The second-order valence-electron chi connectivity index (χ2n) is 4.01. The van der Waals surface area contributed by atoms with E-state index in [0.29, 0.717) is 12.4 Å². The molecule has 0 spiro atoms. The number of rotatable bonds is 7. The number of methoxy groups -OCH3 is 1. The number of anilines is 1. The van der Waals surface area contributed by atoms with Crippen molar-refractivity contribution >= 4 is 17.6 Å². The molecule has 7 heteroatoms. The monoisotopic (exact) mass is 291 g/mol. The van der Waals surface area contributed by atoms with Gasteiger partial charge in [0.1, 0.15) is 22.5 Å². The molecule has 0 bridgehead atoms. The summed E-state index contributed by atoms with van der Waals surface area (Å²) in [6.07, 6.45) is 6.06. The average Bonchev–Trinajstić information content (AvgIpc) is 2.46. The molecular weight excluding hydrogens is 274 g/mol. The van der Waals surface area contributed by atoms with E-state index in [4.69, 9.17) is 4.74 Å². The van der Waals surface area contributed by atoms with Crippen molar-refractivity contribution < 1.29 is 4.74 Å². The molecule has 0 atom stereocenters. The van der Waals surface area contributed by atoms with Gasteiger partial charge in [-0.2, -0.15) is 0 Å². The molecule has 0 unspecified atom stereocenters. The molecule has 0 aliphatic heterocycles. The quantitative estimate of drug-likeness (QED) is 0.785. The van der Waals surface area contributed by atoms with Crippen LogP contribution in [0.4, 0.5) is 5.82 Å². The maximum absolute atomic E-state index is 5.10. The minimum absolute atomic E-state index is 0.385. The van der Waals surface area contributed by atoms with Crippen LogP contribution < -0.4 is 5.32 Å². The van der Waals surface area contributed by atoms with E-state index in [1.807, 2.05) is 6.07 Å². The minimum Gasteiger partial charge on any atom is -0.377 e. The van der Waals surface area contributed by atoms with Crippen LogP contribution in [0.15, 0.2) is 34.7 Å². The third kappa shape index (κ3) is 4.43. The molecule has 0 aliphatic rings. The van der Waals surface area contributed by atoms with E-state index >= 15 is 0 Å². The summed E-state index contributed by atoms with van der Waals surface area (Å²) in [5, 5.41) is 4.89. The molecule has 0 radical (unpaired) electrons. The van der Waals surface area contributed by atoms with Crippen molar-refractivity contribution in [2.45, 2.75) is 30.0 Å². The van der Waals surface area contributed by atoms with Gasteiger partial charge < -0.3 is 10.1 Å². The molecule has 0 fully saturated rings. The summed E-state index contributed by atoms with van der Waals surface area (Å²) in [6.45, 7) is 3.37. The number of nitrogens with one attached hydrogen (secondary N) is 1. The summed E-state index contributed by atoms with van der Waals surface area (Å²) in [7, 11) is 1.63. The smallest absolute Gasteiger partial charge is 0.157 e. The van der Waals surface area contributed by atoms with Crippen molar-refractivity contribution in [3.05, 3.63) is 30.5 Å². The molecule has 0 aromatic carbocycles. The van der Waals surface area contributed by atoms with E-state index in [1.54, 1.807) is 25.7 Å². The molecule has 0 saturated carbocycles. The molecule has 2 aromatic rings. The number of hydrogen-bond acceptors (Lipinski definition) is 7. The van der Waals surface area contributed by atoms with Gasteiger partial charge in [-0.1, -0.05) is 6.92 Å². The first-order valence-corrected chi connectivity index (χ1v) is 7.18. The maximum Gasteiger partial charge on any atom is 0.157 e. The summed E-state index contributed by atoms with van der Waals surface area (Å²) < 4.78 is 5.10.